The van der Waals surface area contributed by atoms with E-state index in [-0.39, 0.29) is 0 Å². The predicted molar refractivity (Wildman–Crippen MR) is 68.2 cm³/mol. The molecule has 0 aliphatic heterocycles. The van der Waals surface area contributed by atoms with E-state index >= 15 is 0 Å². The highest BCUT2D eigenvalue weighted by Gasteiger charge is 2.41. The Labute approximate surface area is 107 Å². The number of esters is 1. The van der Waals surface area contributed by atoms with Gasteiger partial charge in [-0.1, -0.05) is 18.2 Å². The van der Waals surface area contributed by atoms with Crippen molar-refractivity contribution >= 4 is 5.97 Å². The van der Waals surface area contributed by atoms with Gasteiger partial charge in [-0.3, -0.25) is 0 Å². The van der Waals surface area contributed by atoms with Crippen LogP contribution in [0.5, 0.6) is 0 Å². The summed E-state index contributed by atoms with van der Waals surface area (Å²) in [5, 5.41) is 19.9. The number of hydrogen-bond acceptors (Lipinski definition) is 4. The maximum absolute atomic E-state index is 11.9. The van der Waals surface area contributed by atoms with Gasteiger partial charge in [-0.2, -0.15) is 0 Å². The van der Waals surface area contributed by atoms with Crippen LogP contribution in [0.4, 0.5) is 0 Å². The Balaban J connectivity index is 2.90. The summed E-state index contributed by atoms with van der Waals surface area (Å²) in [6, 6.07) is 8.47. The molecule has 18 heavy (non-hydrogen) atoms. The predicted octanol–water partition coefficient (Wildman–Crippen LogP) is 1.75. The molecule has 0 radical (unpaired) electrons. The van der Waals surface area contributed by atoms with E-state index in [1.807, 2.05) is 0 Å². The van der Waals surface area contributed by atoms with Crippen molar-refractivity contribution in [3.8, 4) is 0 Å². The Morgan fingerprint density at radius 3 is 1.89 bits per heavy atom. The van der Waals surface area contributed by atoms with Crippen LogP contribution in [0.2, 0.25) is 0 Å². The van der Waals surface area contributed by atoms with Gasteiger partial charge in [-0.25, -0.2) is 4.79 Å². The van der Waals surface area contributed by atoms with E-state index in [1.165, 1.54) is 27.7 Å². The van der Waals surface area contributed by atoms with Crippen molar-refractivity contribution in [2.75, 3.05) is 0 Å². The van der Waals surface area contributed by atoms with Gasteiger partial charge in [0.05, 0.1) is 16.8 Å². The molecule has 0 aromatic heterocycles. The maximum Gasteiger partial charge on any atom is 0.338 e. The van der Waals surface area contributed by atoms with Crippen LogP contribution in [0.15, 0.2) is 30.3 Å². The average Bonchev–Trinajstić information content (AvgIpc) is 2.23. The second-order valence-corrected chi connectivity index (χ2v) is 5.46. The first-order valence-corrected chi connectivity index (χ1v) is 5.83. The minimum Gasteiger partial charge on any atom is -0.453 e. The van der Waals surface area contributed by atoms with Crippen LogP contribution in [-0.4, -0.2) is 33.5 Å². The van der Waals surface area contributed by atoms with Crippen LogP contribution < -0.4 is 0 Å². The Hall–Kier alpha value is -1.39. The van der Waals surface area contributed by atoms with Gasteiger partial charge in [0.1, 0.15) is 0 Å². The number of aliphatic hydroxyl groups is 2. The fourth-order valence-corrected chi connectivity index (χ4v) is 1.90. The van der Waals surface area contributed by atoms with Gasteiger partial charge in [0.25, 0.3) is 0 Å². The minimum absolute atomic E-state index is 0.385. The summed E-state index contributed by atoms with van der Waals surface area (Å²) in [5.41, 5.74) is -2.28. The number of hydrogen-bond donors (Lipinski definition) is 2. The summed E-state index contributed by atoms with van der Waals surface area (Å²) in [4.78, 5) is 11.9. The molecule has 0 amide bonds. The lowest BCUT2D eigenvalue weighted by Crippen LogP contribution is -2.53. The molecule has 2 N–H and O–H groups in total. The molecule has 0 bridgehead atoms. The monoisotopic (exact) mass is 252 g/mol. The van der Waals surface area contributed by atoms with Crippen LogP contribution in [-0.2, 0) is 4.74 Å². The minimum atomic E-state index is -1.33. The quantitative estimate of drug-likeness (QED) is 0.801. The summed E-state index contributed by atoms with van der Waals surface area (Å²) in [6.07, 6.45) is -1.02. The lowest BCUT2D eigenvalue weighted by atomic mass is 9.88. The van der Waals surface area contributed by atoms with E-state index in [0.717, 1.165) is 0 Å². The molecule has 0 saturated heterocycles. The first-order chi connectivity index (χ1) is 8.12. The van der Waals surface area contributed by atoms with Gasteiger partial charge in [-0.15, -0.1) is 0 Å². The second-order valence-electron chi connectivity index (χ2n) is 5.46. The summed E-state index contributed by atoms with van der Waals surface area (Å²) in [5.74, 6) is -0.565. The maximum atomic E-state index is 11.9. The zero-order chi connectivity index (χ0) is 14.0. The van der Waals surface area contributed by atoms with Crippen LogP contribution in [0.1, 0.15) is 38.1 Å². The normalized spacial score (nSPS) is 12.6. The van der Waals surface area contributed by atoms with Gasteiger partial charge in [0.15, 0.2) is 6.10 Å². The zero-order valence-electron chi connectivity index (χ0n) is 11.2. The number of ether oxygens (including phenoxy) is 1. The van der Waals surface area contributed by atoms with Gasteiger partial charge >= 0.3 is 5.97 Å². The summed E-state index contributed by atoms with van der Waals surface area (Å²) in [7, 11) is 0. The van der Waals surface area contributed by atoms with E-state index in [4.69, 9.17) is 4.74 Å². The fourth-order valence-electron chi connectivity index (χ4n) is 1.90. The number of benzene rings is 1. The molecule has 4 nitrogen and oxygen atoms in total. The Bertz CT molecular complexity index is 384. The smallest absolute Gasteiger partial charge is 0.338 e. The molecule has 0 saturated carbocycles. The molecule has 0 aliphatic rings. The largest absolute Gasteiger partial charge is 0.453 e. The van der Waals surface area contributed by atoms with Crippen molar-refractivity contribution in [3.05, 3.63) is 35.9 Å². The lowest BCUT2D eigenvalue weighted by molar-refractivity contribution is -0.147. The van der Waals surface area contributed by atoms with Crippen LogP contribution in [0, 0.1) is 0 Å². The van der Waals surface area contributed by atoms with Gasteiger partial charge in [0, 0.05) is 0 Å². The SMILES string of the molecule is CC(C)(O)C(OC(=O)c1ccccc1)C(C)(C)O. The van der Waals surface area contributed by atoms with Crippen molar-refractivity contribution in [1.29, 1.82) is 0 Å². The van der Waals surface area contributed by atoms with Crippen molar-refractivity contribution in [2.45, 2.75) is 45.0 Å². The molecule has 0 fully saturated rings. The highest BCUT2D eigenvalue weighted by molar-refractivity contribution is 5.89. The molecule has 1 aromatic rings. The summed E-state index contributed by atoms with van der Waals surface area (Å²) >= 11 is 0. The summed E-state index contributed by atoms with van der Waals surface area (Å²) in [6.45, 7) is 5.98. The first-order valence-electron chi connectivity index (χ1n) is 5.83. The van der Waals surface area contributed by atoms with Crippen molar-refractivity contribution in [3.63, 3.8) is 0 Å². The topological polar surface area (TPSA) is 66.8 Å². The Morgan fingerprint density at radius 2 is 1.50 bits per heavy atom. The molecule has 0 spiro atoms. The van der Waals surface area contributed by atoms with E-state index in [9.17, 15) is 15.0 Å². The molecule has 0 aliphatic carbocycles. The zero-order valence-corrected chi connectivity index (χ0v) is 11.2. The van der Waals surface area contributed by atoms with E-state index in [0.29, 0.717) is 5.56 Å². The molecule has 4 heteroatoms. The standard InChI is InChI=1S/C14H20O4/c1-13(2,16)12(14(3,4)17)18-11(15)10-8-6-5-7-9-10/h5-9,12,16-17H,1-4H3. The Morgan fingerprint density at radius 1 is 1.06 bits per heavy atom. The molecule has 1 aromatic carbocycles. The average molecular weight is 252 g/mol. The number of carbonyl (C=O) groups excluding carboxylic acids is 1. The molecule has 0 atom stereocenters. The Kier molecular flexibility index (Phi) is 4.14. The fraction of sp³-hybridized carbons (Fsp3) is 0.500. The van der Waals surface area contributed by atoms with E-state index in [1.54, 1.807) is 30.3 Å². The van der Waals surface area contributed by atoms with Crippen LogP contribution in [0.3, 0.4) is 0 Å². The molecule has 1 rings (SSSR count). The van der Waals surface area contributed by atoms with Crippen LogP contribution >= 0.6 is 0 Å². The third-order valence-electron chi connectivity index (χ3n) is 2.52. The second kappa shape index (κ2) is 5.08. The third kappa shape index (κ3) is 3.82. The third-order valence-corrected chi connectivity index (χ3v) is 2.52. The first kappa shape index (κ1) is 14.7. The van der Waals surface area contributed by atoms with Crippen molar-refractivity contribution in [2.24, 2.45) is 0 Å². The molecular formula is C14H20O4. The van der Waals surface area contributed by atoms with Gasteiger partial charge in [-0.05, 0) is 39.8 Å². The van der Waals surface area contributed by atoms with Gasteiger partial charge < -0.3 is 14.9 Å². The number of carbonyl (C=O) groups is 1. The van der Waals surface area contributed by atoms with E-state index < -0.39 is 23.3 Å². The highest BCUT2D eigenvalue weighted by atomic mass is 16.6. The molecule has 100 valence electrons. The van der Waals surface area contributed by atoms with Crippen LogP contribution in [0.25, 0.3) is 0 Å². The van der Waals surface area contributed by atoms with Gasteiger partial charge in [0.2, 0.25) is 0 Å². The molecule has 0 unspecified atom stereocenters. The highest BCUT2D eigenvalue weighted by Crippen LogP contribution is 2.25. The lowest BCUT2D eigenvalue weighted by Gasteiger charge is -2.37. The van der Waals surface area contributed by atoms with Crippen molar-refractivity contribution in [1.82, 2.24) is 0 Å². The summed E-state index contributed by atoms with van der Waals surface area (Å²) < 4.78 is 5.23. The number of rotatable bonds is 4. The molecule has 0 heterocycles. The molecular weight excluding hydrogens is 232 g/mol. The van der Waals surface area contributed by atoms with Crippen molar-refractivity contribution < 1.29 is 19.7 Å². The van der Waals surface area contributed by atoms with E-state index in [2.05, 4.69) is 0 Å².